The molecule has 0 amide bonds. The SMILES string of the molecule is C=CCC.C=CCO.CCCCc1oc(C=O)cc1C.Cc1cc(C=O)oc1Br. The molecule has 0 aliphatic heterocycles. The maximum atomic E-state index is 10.4. The molecule has 162 valence electrons. The first-order chi connectivity index (χ1) is 13.8. The molecular weight excluding hydrogens is 436 g/mol. The fraction of sp³-hybridized carbons (Fsp3) is 0.391. The summed E-state index contributed by atoms with van der Waals surface area (Å²) in [4.78, 5) is 20.4. The number of hydrogen-bond donors (Lipinski definition) is 1. The van der Waals surface area contributed by atoms with E-state index in [1.54, 1.807) is 12.1 Å². The van der Waals surface area contributed by atoms with E-state index in [0.29, 0.717) is 22.5 Å². The number of aryl methyl sites for hydroxylation is 3. The molecule has 0 aromatic carbocycles. The minimum atomic E-state index is 0.0833. The highest BCUT2D eigenvalue weighted by molar-refractivity contribution is 9.10. The van der Waals surface area contributed by atoms with E-state index in [2.05, 4.69) is 42.9 Å². The highest BCUT2D eigenvalue weighted by Crippen LogP contribution is 2.18. The van der Waals surface area contributed by atoms with Crippen LogP contribution in [0.2, 0.25) is 0 Å². The van der Waals surface area contributed by atoms with Crippen molar-refractivity contribution in [2.45, 2.75) is 53.4 Å². The monoisotopic (exact) mass is 468 g/mol. The molecule has 2 rings (SSSR count). The van der Waals surface area contributed by atoms with Gasteiger partial charge in [-0.25, -0.2) is 0 Å². The van der Waals surface area contributed by atoms with Crippen LogP contribution in [0.4, 0.5) is 0 Å². The highest BCUT2D eigenvalue weighted by Gasteiger charge is 2.05. The van der Waals surface area contributed by atoms with Gasteiger partial charge in [-0.2, -0.15) is 0 Å². The number of halogens is 1. The quantitative estimate of drug-likeness (QED) is 0.363. The van der Waals surface area contributed by atoms with Crippen molar-refractivity contribution in [3.63, 3.8) is 0 Å². The Morgan fingerprint density at radius 1 is 1.00 bits per heavy atom. The van der Waals surface area contributed by atoms with Gasteiger partial charge in [-0.05, 0) is 60.3 Å². The number of allylic oxidation sites excluding steroid dienone is 1. The number of carbonyl (C=O) groups excluding carboxylic acids is 2. The highest BCUT2D eigenvalue weighted by atomic mass is 79.9. The van der Waals surface area contributed by atoms with Crippen LogP contribution in [-0.2, 0) is 6.42 Å². The van der Waals surface area contributed by atoms with Crippen molar-refractivity contribution < 1.29 is 23.5 Å². The Morgan fingerprint density at radius 3 is 1.76 bits per heavy atom. The average molecular weight is 469 g/mol. The van der Waals surface area contributed by atoms with Crippen LogP contribution in [0.15, 0.2) is 50.9 Å². The standard InChI is InChI=1S/C10H14O2.C6H5BrO2.C4H8.C3H6O/c1-3-4-5-10-8(2)6-9(7-11)12-10;1-4-2-5(3-8)9-6(4)7;1-3-4-2;1-2-3-4/h6-7H,3-5H2,1-2H3;2-3H,1H3;3H,1,4H2,2H3;2,4H,1,3H2. The van der Waals surface area contributed by atoms with E-state index in [9.17, 15) is 9.59 Å². The number of aldehydes is 2. The van der Waals surface area contributed by atoms with E-state index in [4.69, 9.17) is 13.9 Å². The van der Waals surface area contributed by atoms with Crippen molar-refractivity contribution in [1.82, 2.24) is 0 Å². The van der Waals surface area contributed by atoms with Gasteiger partial charge in [-0.15, -0.1) is 13.2 Å². The van der Waals surface area contributed by atoms with Crippen molar-refractivity contribution in [3.8, 4) is 0 Å². The molecule has 0 radical (unpaired) electrons. The van der Waals surface area contributed by atoms with Gasteiger partial charge >= 0.3 is 0 Å². The van der Waals surface area contributed by atoms with Crippen molar-refractivity contribution in [2.75, 3.05) is 6.61 Å². The zero-order valence-electron chi connectivity index (χ0n) is 17.9. The molecule has 0 atom stereocenters. The summed E-state index contributed by atoms with van der Waals surface area (Å²) >= 11 is 3.13. The summed E-state index contributed by atoms with van der Waals surface area (Å²) in [5.74, 6) is 1.76. The lowest BCUT2D eigenvalue weighted by Gasteiger charge is -1.94. The second kappa shape index (κ2) is 19.2. The van der Waals surface area contributed by atoms with Crippen molar-refractivity contribution in [3.05, 3.63) is 70.5 Å². The topological polar surface area (TPSA) is 80.7 Å². The lowest BCUT2D eigenvalue weighted by atomic mass is 10.1. The van der Waals surface area contributed by atoms with Gasteiger partial charge in [0.25, 0.3) is 0 Å². The van der Waals surface area contributed by atoms with Crippen LogP contribution in [0, 0.1) is 13.8 Å². The summed E-state index contributed by atoms with van der Waals surface area (Å²) in [6.07, 6.45) is 9.03. The number of aliphatic hydroxyl groups excluding tert-OH is 1. The molecule has 2 heterocycles. The molecule has 0 saturated carbocycles. The maximum Gasteiger partial charge on any atom is 0.185 e. The van der Waals surface area contributed by atoms with Crippen LogP contribution < -0.4 is 0 Å². The minimum absolute atomic E-state index is 0.0833. The van der Waals surface area contributed by atoms with Gasteiger partial charge in [0.2, 0.25) is 0 Å². The molecule has 0 aliphatic rings. The van der Waals surface area contributed by atoms with E-state index in [-0.39, 0.29) is 6.61 Å². The van der Waals surface area contributed by atoms with Crippen molar-refractivity contribution in [1.29, 1.82) is 0 Å². The van der Waals surface area contributed by atoms with Gasteiger partial charge in [0.15, 0.2) is 28.8 Å². The Hall–Kier alpha value is -2.18. The first-order valence-corrected chi connectivity index (χ1v) is 10.2. The molecule has 0 saturated heterocycles. The predicted molar refractivity (Wildman–Crippen MR) is 122 cm³/mol. The summed E-state index contributed by atoms with van der Waals surface area (Å²) in [5, 5.41) is 7.76. The first kappa shape index (κ1) is 29.0. The molecule has 0 bridgehead atoms. The lowest BCUT2D eigenvalue weighted by Crippen LogP contribution is -1.83. The Labute approximate surface area is 182 Å². The third-order valence-electron chi connectivity index (χ3n) is 3.32. The first-order valence-electron chi connectivity index (χ1n) is 9.43. The Kier molecular flexibility index (Phi) is 19.2. The van der Waals surface area contributed by atoms with Crippen molar-refractivity contribution >= 4 is 28.5 Å². The molecule has 2 aromatic heterocycles. The third kappa shape index (κ3) is 14.5. The van der Waals surface area contributed by atoms with Gasteiger partial charge in [-0.1, -0.05) is 32.4 Å². The average Bonchev–Trinajstić information content (AvgIpc) is 3.28. The number of unbranched alkanes of at least 4 members (excludes halogenated alkanes) is 1. The lowest BCUT2D eigenvalue weighted by molar-refractivity contribution is 0.109. The van der Waals surface area contributed by atoms with Gasteiger partial charge in [0.05, 0.1) is 6.61 Å². The second-order valence-corrected chi connectivity index (χ2v) is 6.59. The molecule has 29 heavy (non-hydrogen) atoms. The molecule has 0 unspecified atom stereocenters. The number of furan rings is 2. The van der Waals surface area contributed by atoms with E-state index < -0.39 is 0 Å². The number of hydrogen-bond acceptors (Lipinski definition) is 5. The van der Waals surface area contributed by atoms with Gasteiger partial charge < -0.3 is 13.9 Å². The zero-order chi connectivity index (χ0) is 22.7. The Morgan fingerprint density at radius 2 is 1.48 bits per heavy atom. The van der Waals surface area contributed by atoms with Crippen molar-refractivity contribution in [2.24, 2.45) is 0 Å². The predicted octanol–water partition coefficient (Wildman–Crippen LogP) is 6.65. The molecule has 5 nitrogen and oxygen atoms in total. The van der Waals surface area contributed by atoms with E-state index in [1.165, 1.54) is 6.08 Å². The molecular formula is C23H33BrO5. The summed E-state index contributed by atoms with van der Waals surface area (Å²) in [7, 11) is 0. The van der Waals surface area contributed by atoms with Crippen LogP contribution >= 0.6 is 15.9 Å². The summed E-state index contributed by atoms with van der Waals surface area (Å²) in [6.45, 7) is 14.8. The van der Waals surface area contributed by atoms with Crippen LogP contribution in [0.1, 0.15) is 71.1 Å². The maximum absolute atomic E-state index is 10.4. The van der Waals surface area contributed by atoms with E-state index in [1.807, 2.05) is 19.9 Å². The normalized spacial score (nSPS) is 8.90. The van der Waals surface area contributed by atoms with E-state index >= 15 is 0 Å². The molecule has 0 spiro atoms. The molecule has 1 N–H and O–H groups in total. The number of rotatable bonds is 7. The van der Waals surface area contributed by atoms with Crippen LogP contribution in [0.3, 0.4) is 0 Å². The zero-order valence-corrected chi connectivity index (χ0v) is 19.5. The van der Waals surface area contributed by atoms with Crippen LogP contribution in [0.25, 0.3) is 0 Å². The van der Waals surface area contributed by atoms with E-state index in [0.717, 1.165) is 48.9 Å². The minimum Gasteiger partial charge on any atom is -0.458 e. The smallest absolute Gasteiger partial charge is 0.185 e. The number of aliphatic hydroxyl groups is 1. The molecule has 6 heteroatoms. The van der Waals surface area contributed by atoms with Crippen LogP contribution in [-0.4, -0.2) is 24.3 Å². The molecule has 0 fully saturated rings. The third-order valence-corrected chi connectivity index (χ3v) is 4.11. The fourth-order valence-electron chi connectivity index (χ4n) is 1.73. The molecule has 2 aromatic rings. The summed E-state index contributed by atoms with van der Waals surface area (Å²) in [5.41, 5.74) is 2.03. The van der Waals surface area contributed by atoms with Gasteiger partial charge in [-0.3, -0.25) is 9.59 Å². The summed E-state index contributed by atoms with van der Waals surface area (Å²) in [6, 6.07) is 3.47. The van der Waals surface area contributed by atoms with Gasteiger partial charge in [0.1, 0.15) is 5.76 Å². The number of carbonyl (C=O) groups is 2. The largest absolute Gasteiger partial charge is 0.458 e. The van der Waals surface area contributed by atoms with Gasteiger partial charge in [0, 0.05) is 12.0 Å². The molecule has 0 aliphatic carbocycles. The van der Waals surface area contributed by atoms with Crippen LogP contribution in [0.5, 0.6) is 0 Å². The Bertz CT molecular complexity index is 685. The summed E-state index contributed by atoms with van der Waals surface area (Å²) < 4.78 is 10.8. The second-order valence-electron chi connectivity index (χ2n) is 5.87. The fourth-order valence-corrected chi connectivity index (χ4v) is 2.03. The Balaban J connectivity index is 0.